The van der Waals surface area contributed by atoms with Crippen LogP contribution < -0.4 is 10.5 Å². The molecule has 0 radical (unpaired) electrons. The van der Waals surface area contributed by atoms with Gasteiger partial charge in [0.1, 0.15) is 5.75 Å². The van der Waals surface area contributed by atoms with Crippen molar-refractivity contribution in [3.8, 4) is 5.75 Å². The van der Waals surface area contributed by atoms with Gasteiger partial charge in [-0.2, -0.15) is 0 Å². The quantitative estimate of drug-likeness (QED) is 0.916. The van der Waals surface area contributed by atoms with Gasteiger partial charge in [-0.25, -0.2) is 0 Å². The second-order valence-electron chi connectivity index (χ2n) is 4.78. The third-order valence-electron chi connectivity index (χ3n) is 3.30. The topological polar surface area (TPSA) is 38.5 Å². The van der Waals surface area contributed by atoms with Crippen molar-refractivity contribution in [2.45, 2.75) is 19.3 Å². The lowest BCUT2D eigenvalue weighted by Gasteiger charge is -2.19. The van der Waals surface area contributed by atoms with Crippen molar-refractivity contribution in [3.05, 3.63) is 29.8 Å². The lowest BCUT2D eigenvalue weighted by molar-refractivity contribution is -0.275. The zero-order chi connectivity index (χ0) is 13.9. The molecule has 0 saturated carbocycles. The smallest absolute Gasteiger partial charge is 0.405 e. The van der Waals surface area contributed by atoms with E-state index in [0.29, 0.717) is 24.6 Å². The maximum Gasteiger partial charge on any atom is 0.573 e. The van der Waals surface area contributed by atoms with Crippen molar-refractivity contribution in [2.75, 3.05) is 19.6 Å². The van der Waals surface area contributed by atoms with Crippen LogP contribution in [0.15, 0.2) is 24.3 Å². The highest BCUT2D eigenvalue weighted by Gasteiger charge is 2.32. The zero-order valence-electron chi connectivity index (χ0n) is 10.5. The van der Waals surface area contributed by atoms with E-state index in [4.69, 9.17) is 5.73 Å². The molecule has 0 aromatic heterocycles. The van der Waals surface area contributed by atoms with Crippen LogP contribution in [0, 0.1) is 5.92 Å². The molecule has 3 nitrogen and oxygen atoms in total. The van der Waals surface area contributed by atoms with Crippen LogP contribution in [0.1, 0.15) is 12.0 Å². The van der Waals surface area contributed by atoms with Gasteiger partial charge >= 0.3 is 6.36 Å². The van der Waals surface area contributed by atoms with Crippen molar-refractivity contribution >= 4 is 0 Å². The normalized spacial score (nSPS) is 20.7. The minimum absolute atomic E-state index is 0.119. The fourth-order valence-corrected chi connectivity index (χ4v) is 2.35. The van der Waals surface area contributed by atoms with Crippen LogP contribution in [0.25, 0.3) is 0 Å². The first-order chi connectivity index (χ1) is 8.98. The molecule has 1 aliphatic heterocycles. The Morgan fingerprint density at radius 3 is 2.68 bits per heavy atom. The fraction of sp³-hybridized carbons (Fsp3) is 0.538. The molecule has 1 saturated heterocycles. The third-order valence-corrected chi connectivity index (χ3v) is 3.30. The monoisotopic (exact) mass is 274 g/mol. The van der Waals surface area contributed by atoms with E-state index in [9.17, 15) is 13.2 Å². The molecule has 1 atom stereocenters. The number of ether oxygens (including phenoxy) is 1. The second kappa shape index (κ2) is 5.79. The van der Waals surface area contributed by atoms with E-state index in [1.54, 1.807) is 12.1 Å². The molecule has 2 rings (SSSR count). The van der Waals surface area contributed by atoms with Crippen LogP contribution in [0.4, 0.5) is 13.2 Å². The van der Waals surface area contributed by atoms with Gasteiger partial charge < -0.3 is 10.5 Å². The molecule has 106 valence electrons. The average molecular weight is 274 g/mol. The first kappa shape index (κ1) is 14.1. The number of hydrogen-bond donors (Lipinski definition) is 1. The van der Waals surface area contributed by atoms with E-state index in [1.165, 1.54) is 12.1 Å². The number of nitrogens with two attached hydrogens (primary N) is 1. The van der Waals surface area contributed by atoms with E-state index in [1.807, 2.05) is 0 Å². The minimum atomic E-state index is -4.65. The molecular weight excluding hydrogens is 257 g/mol. The molecular formula is C13H17F3N2O. The van der Waals surface area contributed by atoms with Gasteiger partial charge in [0, 0.05) is 18.7 Å². The molecule has 1 aromatic rings. The highest BCUT2D eigenvalue weighted by molar-refractivity contribution is 5.33. The molecule has 0 aliphatic carbocycles. The molecule has 1 heterocycles. The summed E-state index contributed by atoms with van der Waals surface area (Å²) < 4.78 is 40.9. The molecule has 1 fully saturated rings. The van der Waals surface area contributed by atoms with Crippen LogP contribution in [0.2, 0.25) is 0 Å². The summed E-state index contributed by atoms with van der Waals surface area (Å²) in [5.74, 6) is 0.321. The van der Waals surface area contributed by atoms with Gasteiger partial charge in [0.15, 0.2) is 0 Å². The Kier molecular flexibility index (Phi) is 4.31. The van der Waals surface area contributed by atoms with E-state index in [0.717, 1.165) is 19.5 Å². The summed E-state index contributed by atoms with van der Waals surface area (Å²) in [5, 5.41) is 0. The Labute approximate surface area is 110 Å². The van der Waals surface area contributed by atoms with Crippen LogP contribution in [-0.4, -0.2) is 30.9 Å². The number of nitrogens with zero attached hydrogens (tertiary/aromatic N) is 1. The highest BCUT2D eigenvalue weighted by Crippen LogP contribution is 2.28. The SMILES string of the molecule is NC[C@H]1CCN(Cc2ccccc2OC(F)(F)F)C1. The average Bonchev–Trinajstić information content (AvgIpc) is 2.78. The molecule has 1 aromatic carbocycles. The van der Waals surface area contributed by atoms with E-state index >= 15 is 0 Å². The largest absolute Gasteiger partial charge is 0.573 e. The molecule has 1 aliphatic rings. The predicted molar refractivity (Wildman–Crippen MR) is 65.6 cm³/mol. The summed E-state index contributed by atoms with van der Waals surface area (Å²) in [6, 6.07) is 6.27. The van der Waals surface area contributed by atoms with Gasteiger partial charge in [-0.1, -0.05) is 18.2 Å². The Balaban J connectivity index is 2.04. The predicted octanol–water partition coefficient (Wildman–Crippen LogP) is 2.37. The molecule has 0 amide bonds. The Morgan fingerprint density at radius 2 is 2.05 bits per heavy atom. The summed E-state index contributed by atoms with van der Waals surface area (Å²) in [7, 11) is 0. The van der Waals surface area contributed by atoms with Gasteiger partial charge in [-0.05, 0) is 31.5 Å². The fourth-order valence-electron chi connectivity index (χ4n) is 2.35. The first-order valence-electron chi connectivity index (χ1n) is 6.24. The van der Waals surface area contributed by atoms with Crippen LogP contribution >= 0.6 is 0 Å². The molecule has 2 N–H and O–H groups in total. The number of hydrogen-bond acceptors (Lipinski definition) is 3. The maximum absolute atomic E-state index is 12.3. The van der Waals surface area contributed by atoms with Crippen molar-refractivity contribution in [1.82, 2.24) is 4.90 Å². The summed E-state index contributed by atoms with van der Waals surface area (Å²) in [5.41, 5.74) is 6.16. The maximum atomic E-state index is 12.3. The zero-order valence-corrected chi connectivity index (χ0v) is 10.5. The minimum Gasteiger partial charge on any atom is -0.405 e. The van der Waals surface area contributed by atoms with Gasteiger partial charge in [0.05, 0.1) is 0 Å². The molecule has 6 heteroatoms. The number of para-hydroxylation sites is 1. The number of halogens is 3. The van der Waals surface area contributed by atoms with Crippen molar-refractivity contribution in [2.24, 2.45) is 11.7 Å². The first-order valence-corrected chi connectivity index (χ1v) is 6.24. The van der Waals surface area contributed by atoms with E-state index in [2.05, 4.69) is 9.64 Å². The number of benzene rings is 1. The standard InChI is InChI=1S/C13H17F3N2O/c14-13(15,16)19-12-4-2-1-3-11(12)9-18-6-5-10(7-17)8-18/h1-4,10H,5-9,17H2/t10-/m1/s1. The van der Waals surface area contributed by atoms with Gasteiger partial charge in [-0.3, -0.25) is 4.90 Å². The van der Waals surface area contributed by atoms with Gasteiger partial charge in [0.25, 0.3) is 0 Å². The van der Waals surface area contributed by atoms with Crippen LogP contribution in [0.5, 0.6) is 5.75 Å². The molecule has 19 heavy (non-hydrogen) atoms. The van der Waals surface area contributed by atoms with Crippen molar-refractivity contribution in [1.29, 1.82) is 0 Å². The number of likely N-dealkylation sites (tertiary alicyclic amines) is 1. The van der Waals surface area contributed by atoms with Gasteiger partial charge in [0.2, 0.25) is 0 Å². The third kappa shape index (κ3) is 4.11. The van der Waals surface area contributed by atoms with E-state index < -0.39 is 6.36 Å². The Morgan fingerprint density at radius 1 is 1.32 bits per heavy atom. The second-order valence-corrected chi connectivity index (χ2v) is 4.78. The Hall–Kier alpha value is -1.27. The summed E-state index contributed by atoms with van der Waals surface area (Å²) in [6.07, 6.45) is -3.65. The number of alkyl halides is 3. The summed E-state index contributed by atoms with van der Waals surface area (Å²) >= 11 is 0. The van der Waals surface area contributed by atoms with Gasteiger partial charge in [-0.15, -0.1) is 13.2 Å². The summed E-state index contributed by atoms with van der Waals surface area (Å²) in [6.45, 7) is 2.78. The summed E-state index contributed by atoms with van der Waals surface area (Å²) in [4.78, 5) is 2.11. The van der Waals surface area contributed by atoms with Crippen molar-refractivity contribution in [3.63, 3.8) is 0 Å². The Bertz CT molecular complexity index is 423. The van der Waals surface area contributed by atoms with Crippen LogP contribution in [0.3, 0.4) is 0 Å². The number of rotatable bonds is 4. The highest BCUT2D eigenvalue weighted by atomic mass is 19.4. The molecule has 0 spiro atoms. The van der Waals surface area contributed by atoms with Crippen LogP contribution in [-0.2, 0) is 6.54 Å². The van der Waals surface area contributed by atoms with E-state index in [-0.39, 0.29) is 5.75 Å². The lowest BCUT2D eigenvalue weighted by Crippen LogP contribution is -2.24. The molecule has 0 bridgehead atoms. The molecule has 0 unspecified atom stereocenters. The van der Waals surface area contributed by atoms with Crippen molar-refractivity contribution < 1.29 is 17.9 Å². The lowest BCUT2D eigenvalue weighted by atomic mass is 10.1.